The summed E-state index contributed by atoms with van der Waals surface area (Å²) in [6, 6.07) is 0. The van der Waals surface area contributed by atoms with Crippen LogP contribution in [0.2, 0.25) is 39.3 Å². The summed E-state index contributed by atoms with van der Waals surface area (Å²) in [5.41, 5.74) is 0. The lowest BCUT2D eigenvalue weighted by Crippen LogP contribution is -2.63. The Morgan fingerprint density at radius 2 is 1.50 bits per heavy atom. The van der Waals surface area contributed by atoms with Crippen LogP contribution in [0.4, 0.5) is 0 Å². The van der Waals surface area contributed by atoms with Crippen molar-refractivity contribution in [2.75, 3.05) is 6.61 Å². The molecule has 1 fully saturated rings. The minimum Gasteiger partial charge on any atom is -0.364 e. The zero-order chi connectivity index (χ0) is 11.0. The van der Waals surface area contributed by atoms with Crippen LogP contribution in [0.25, 0.3) is 0 Å². The van der Waals surface area contributed by atoms with Crippen molar-refractivity contribution in [3.8, 4) is 0 Å². The largest absolute Gasteiger partial charge is 0.364 e. The van der Waals surface area contributed by atoms with E-state index in [1.54, 1.807) is 0 Å². The molecule has 0 aromatic heterocycles. The fourth-order valence-corrected chi connectivity index (χ4v) is 12.8. The van der Waals surface area contributed by atoms with Gasteiger partial charge in [-0.15, -0.1) is 0 Å². The average Bonchev–Trinajstić information content (AvgIpc) is 2.31. The molecular formula is C10H25NOSi2. The molecule has 1 heterocycles. The van der Waals surface area contributed by atoms with Crippen LogP contribution in [0.3, 0.4) is 0 Å². The van der Waals surface area contributed by atoms with Crippen molar-refractivity contribution >= 4 is 16.5 Å². The number of nitrogens with zero attached hydrogens (tertiary/aromatic N) is 1. The van der Waals surface area contributed by atoms with Crippen LogP contribution in [0.1, 0.15) is 12.8 Å². The van der Waals surface area contributed by atoms with E-state index in [1.165, 1.54) is 12.8 Å². The van der Waals surface area contributed by atoms with Gasteiger partial charge in [-0.3, -0.25) is 0 Å². The van der Waals surface area contributed by atoms with E-state index in [-0.39, 0.29) is 0 Å². The van der Waals surface area contributed by atoms with Gasteiger partial charge in [0, 0.05) is 6.61 Å². The van der Waals surface area contributed by atoms with E-state index in [0.29, 0.717) is 6.23 Å². The Balaban J connectivity index is 2.82. The molecule has 0 N–H and O–H groups in total. The van der Waals surface area contributed by atoms with Gasteiger partial charge in [-0.25, -0.2) is 0 Å². The second-order valence-corrected chi connectivity index (χ2v) is 16.3. The number of hydrogen-bond acceptors (Lipinski definition) is 2. The SMILES string of the molecule is C[Si](C)(C)N(C1CCCO1)[Si](C)(C)C. The second kappa shape index (κ2) is 4.08. The highest BCUT2D eigenvalue weighted by Crippen LogP contribution is 2.28. The Bertz CT molecular complexity index is 175. The van der Waals surface area contributed by atoms with Gasteiger partial charge in [-0.2, -0.15) is 0 Å². The molecule has 0 radical (unpaired) electrons. The zero-order valence-corrected chi connectivity index (χ0v) is 12.6. The number of rotatable bonds is 3. The Hall–Kier alpha value is 0.354. The van der Waals surface area contributed by atoms with E-state index in [1.807, 2.05) is 0 Å². The van der Waals surface area contributed by atoms with Crippen LogP contribution in [0.15, 0.2) is 0 Å². The standard InChI is InChI=1S/C10H25NOSi2/c1-13(2,3)11(14(4,5)6)10-8-7-9-12-10/h10H,7-9H2,1-6H3. The summed E-state index contributed by atoms with van der Waals surface area (Å²) < 4.78 is 8.63. The summed E-state index contributed by atoms with van der Waals surface area (Å²) in [5.74, 6) is 0. The molecule has 0 aromatic rings. The molecule has 1 atom stereocenters. The second-order valence-electron chi connectivity index (χ2n) is 6.18. The predicted molar refractivity (Wildman–Crippen MR) is 67.5 cm³/mol. The van der Waals surface area contributed by atoms with Gasteiger partial charge in [0.15, 0.2) is 0 Å². The van der Waals surface area contributed by atoms with E-state index in [4.69, 9.17) is 4.74 Å². The van der Waals surface area contributed by atoms with Crippen LogP contribution in [-0.2, 0) is 4.74 Å². The molecule has 1 aliphatic heterocycles. The maximum Gasteiger partial charge on any atom is 0.114 e. The van der Waals surface area contributed by atoms with Crippen molar-refractivity contribution in [1.82, 2.24) is 4.23 Å². The van der Waals surface area contributed by atoms with Gasteiger partial charge in [0.05, 0.1) is 6.23 Å². The molecule has 0 aromatic carbocycles. The van der Waals surface area contributed by atoms with Gasteiger partial charge in [0.2, 0.25) is 0 Å². The molecule has 0 bridgehead atoms. The third-order valence-corrected chi connectivity index (χ3v) is 10.1. The van der Waals surface area contributed by atoms with Crippen molar-refractivity contribution in [3.63, 3.8) is 0 Å². The maximum atomic E-state index is 5.86. The van der Waals surface area contributed by atoms with Crippen molar-refractivity contribution < 1.29 is 4.74 Å². The van der Waals surface area contributed by atoms with Gasteiger partial charge in [0.1, 0.15) is 16.5 Å². The zero-order valence-electron chi connectivity index (χ0n) is 10.6. The minimum atomic E-state index is -1.22. The Kier molecular flexibility index (Phi) is 3.62. The van der Waals surface area contributed by atoms with Crippen LogP contribution < -0.4 is 0 Å². The first-order valence-corrected chi connectivity index (χ1v) is 12.5. The van der Waals surface area contributed by atoms with Crippen molar-refractivity contribution in [2.24, 2.45) is 0 Å². The molecule has 14 heavy (non-hydrogen) atoms. The third kappa shape index (κ3) is 2.92. The average molecular weight is 231 g/mol. The Morgan fingerprint density at radius 3 is 1.79 bits per heavy atom. The monoisotopic (exact) mass is 231 g/mol. The smallest absolute Gasteiger partial charge is 0.114 e. The summed E-state index contributed by atoms with van der Waals surface area (Å²) >= 11 is 0. The van der Waals surface area contributed by atoms with Crippen LogP contribution in [-0.4, -0.2) is 33.5 Å². The Labute approximate surface area is 90.8 Å². The fraction of sp³-hybridized carbons (Fsp3) is 1.00. The van der Waals surface area contributed by atoms with Gasteiger partial charge in [-0.05, 0) is 12.8 Å². The maximum absolute atomic E-state index is 5.86. The first kappa shape index (κ1) is 12.4. The van der Waals surface area contributed by atoms with Crippen molar-refractivity contribution in [2.45, 2.75) is 58.4 Å². The minimum absolute atomic E-state index is 0.438. The summed E-state index contributed by atoms with van der Waals surface area (Å²) in [6.07, 6.45) is 2.93. The number of hydrogen-bond donors (Lipinski definition) is 0. The predicted octanol–water partition coefficient (Wildman–Crippen LogP) is 3.09. The highest BCUT2D eigenvalue weighted by Gasteiger charge is 2.40. The molecule has 0 aliphatic carbocycles. The molecule has 4 heteroatoms. The lowest BCUT2D eigenvalue weighted by atomic mass is 10.3. The fourth-order valence-electron chi connectivity index (χ4n) is 2.63. The molecule has 2 nitrogen and oxygen atoms in total. The molecule has 84 valence electrons. The topological polar surface area (TPSA) is 12.5 Å². The van der Waals surface area contributed by atoms with Gasteiger partial charge < -0.3 is 8.97 Å². The van der Waals surface area contributed by atoms with Crippen molar-refractivity contribution in [1.29, 1.82) is 0 Å². The molecule has 0 saturated carbocycles. The van der Waals surface area contributed by atoms with E-state index in [9.17, 15) is 0 Å². The first-order chi connectivity index (χ1) is 6.23. The molecule has 1 aliphatic rings. The quantitative estimate of drug-likeness (QED) is 0.692. The van der Waals surface area contributed by atoms with Crippen LogP contribution in [0, 0.1) is 0 Å². The molecule has 0 amide bonds. The molecule has 1 rings (SSSR count). The Morgan fingerprint density at radius 1 is 1.00 bits per heavy atom. The third-order valence-electron chi connectivity index (χ3n) is 2.64. The summed E-state index contributed by atoms with van der Waals surface area (Å²) in [6.45, 7) is 15.6. The lowest BCUT2D eigenvalue weighted by Gasteiger charge is -2.46. The first-order valence-electron chi connectivity index (χ1n) is 5.64. The van der Waals surface area contributed by atoms with E-state index in [0.717, 1.165) is 6.61 Å². The normalized spacial score (nSPS) is 24.6. The highest BCUT2D eigenvalue weighted by molar-refractivity contribution is 6.89. The molecule has 1 saturated heterocycles. The summed E-state index contributed by atoms with van der Waals surface area (Å²) in [5, 5.41) is 0. The summed E-state index contributed by atoms with van der Waals surface area (Å²) in [4.78, 5) is 0. The lowest BCUT2D eigenvalue weighted by molar-refractivity contribution is 0.0542. The highest BCUT2D eigenvalue weighted by atomic mass is 28.4. The summed E-state index contributed by atoms with van der Waals surface area (Å²) in [7, 11) is -2.43. The van der Waals surface area contributed by atoms with Crippen LogP contribution >= 0.6 is 0 Å². The van der Waals surface area contributed by atoms with Gasteiger partial charge >= 0.3 is 0 Å². The van der Waals surface area contributed by atoms with E-state index >= 15 is 0 Å². The van der Waals surface area contributed by atoms with Crippen molar-refractivity contribution in [3.05, 3.63) is 0 Å². The van der Waals surface area contributed by atoms with Gasteiger partial charge in [-0.1, -0.05) is 39.3 Å². The van der Waals surface area contributed by atoms with Crippen LogP contribution in [0.5, 0.6) is 0 Å². The molecular weight excluding hydrogens is 206 g/mol. The van der Waals surface area contributed by atoms with E-state index < -0.39 is 16.5 Å². The number of ether oxygens (including phenoxy) is 1. The molecule has 0 spiro atoms. The van der Waals surface area contributed by atoms with E-state index in [2.05, 4.69) is 43.5 Å². The molecule has 1 unspecified atom stereocenters. The van der Waals surface area contributed by atoms with Gasteiger partial charge in [0.25, 0.3) is 0 Å².